The van der Waals surface area contributed by atoms with E-state index in [1.54, 1.807) is 11.1 Å². The molecule has 0 unspecified atom stereocenters. The second-order valence-corrected chi connectivity index (χ2v) is 5.69. The number of thiazole rings is 1. The second kappa shape index (κ2) is 4.82. The van der Waals surface area contributed by atoms with Crippen LogP contribution in [0.25, 0.3) is 0 Å². The van der Waals surface area contributed by atoms with Crippen molar-refractivity contribution in [3.63, 3.8) is 0 Å². The first-order valence-corrected chi connectivity index (χ1v) is 6.08. The van der Waals surface area contributed by atoms with E-state index in [9.17, 15) is 4.79 Å². The molecule has 0 aromatic carbocycles. The van der Waals surface area contributed by atoms with E-state index in [0.29, 0.717) is 11.7 Å². The monoisotopic (exact) mass is 242 g/mol. The van der Waals surface area contributed by atoms with Crippen LogP contribution in [0.5, 0.6) is 0 Å². The predicted molar refractivity (Wildman–Crippen MR) is 66.1 cm³/mol. The number of nitrogens with zero attached hydrogens (tertiary/aromatic N) is 2. The molecule has 0 spiro atoms. The van der Waals surface area contributed by atoms with Crippen molar-refractivity contribution in [1.82, 2.24) is 4.98 Å². The fourth-order valence-electron chi connectivity index (χ4n) is 1.13. The van der Waals surface area contributed by atoms with Gasteiger partial charge in [0.15, 0.2) is 5.13 Å². The van der Waals surface area contributed by atoms with Gasteiger partial charge in [0, 0.05) is 17.6 Å². The summed E-state index contributed by atoms with van der Waals surface area (Å²) in [6.45, 7) is 9.98. The Morgan fingerprint density at radius 2 is 2.19 bits per heavy atom. The van der Waals surface area contributed by atoms with Crippen LogP contribution in [0.15, 0.2) is 6.20 Å². The highest BCUT2D eigenvalue weighted by atomic mass is 32.1. The molecule has 0 N–H and O–H groups in total. The van der Waals surface area contributed by atoms with Crippen molar-refractivity contribution in [2.75, 3.05) is 11.4 Å². The first-order chi connectivity index (χ1) is 7.33. The molecular weight excluding hydrogens is 224 g/mol. The fraction of sp³-hybridized carbons (Fsp3) is 0.636. The van der Waals surface area contributed by atoms with Crippen molar-refractivity contribution in [2.24, 2.45) is 0 Å². The second-order valence-electron chi connectivity index (χ2n) is 4.48. The standard InChI is InChI=1S/C11H18N2O2S/c1-6-13(9-12-7-8(2)16-9)10(14)15-11(3,4)5/h7H,6H2,1-5H3. The minimum Gasteiger partial charge on any atom is -0.443 e. The lowest BCUT2D eigenvalue weighted by molar-refractivity contribution is 0.0582. The van der Waals surface area contributed by atoms with Gasteiger partial charge in [-0.05, 0) is 34.6 Å². The summed E-state index contributed by atoms with van der Waals surface area (Å²) < 4.78 is 5.31. The van der Waals surface area contributed by atoms with E-state index in [1.807, 2.05) is 34.6 Å². The summed E-state index contributed by atoms with van der Waals surface area (Å²) in [7, 11) is 0. The molecule has 1 aromatic rings. The number of aromatic nitrogens is 1. The Morgan fingerprint density at radius 3 is 2.56 bits per heavy atom. The SMILES string of the molecule is CCN(C(=O)OC(C)(C)C)c1ncc(C)s1. The first-order valence-electron chi connectivity index (χ1n) is 5.26. The zero-order valence-electron chi connectivity index (χ0n) is 10.4. The Kier molecular flexibility index (Phi) is 3.91. The molecule has 0 radical (unpaired) electrons. The average molecular weight is 242 g/mol. The van der Waals surface area contributed by atoms with Gasteiger partial charge in [0.1, 0.15) is 5.60 Å². The molecule has 0 saturated carbocycles. The van der Waals surface area contributed by atoms with Crippen LogP contribution in [-0.4, -0.2) is 23.2 Å². The lowest BCUT2D eigenvalue weighted by Crippen LogP contribution is -2.36. The molecule has 1 rings (SSSR count). The van der Waals surface area contributed by atoms with Crippen LogP contribution in [-0.2, 0) is 4.74 Å². The van der Waals surface area contributed by atoms with Gasteiger partial charge in [0.25, 0.3) is 0 Å². The molecule has 1 amide bonds. The lowest BCUT2D eigenvalue weighted by Gasteiger charge is -2.24. The van der Waals surface area contributed by atoms with Crippen LogP contribution in [0.4, 0.5) is 9.93 Å². The van der Waals surface area contributed by atoms with Gasteiger partial charge < -0.3 is 4.74 Å². The molecule has 5 heteroatoms. The largest absolute Gasteiger partial charge is 0.443 e. The van der Waals surface area contributed by atoms with Crippen LogP contribution in [0.2, 0.25) is 0 Å². The summed E-state index contributed by atoms with van der Waals surface area (Å²) in [5.74, 6) is 0. The smallest absolute Gasteiger partial charge is 0.416 e. The van der Waals surface area contributed by atoms with Crippen LogP contribution in [0, 0.1) is 6.92 Å². The zero-order valence-corrected chi connectivity index (χ0v) is 11.2. The van der Waals surface area contributed by atoms with Crippen molar-refractivity contribution < 1.29 is 9.53 Å². The molecule has 1 heterocycles. The van der Waals surface area contributed by atoms with E-state index in [1.165, 1.54) is 11.3 Å². The number of carbonyl (C=O) groups is 1. The molecule has 1 aromatic heterocycles. The third kappa shape index (κ3) is 3.48. The Morgan fingerprint density at radius 1 is 1.56 bits per heavy atom. The maximum atomic E-state index is 11.9. The average Bonchev–Trinajstić information content (AvgIpc) is 2.49. The van der Waals surface area contributed by atoms with Crippen LogP contribution >= 0.6 is 11.3 Å². The molecule has 0 bridgehead atoms. The number of hydrogen-bond acceptors (Lipinski definition) is 4. The first kappa shape index (κ1) is 13.0. The van der Waals surface area contributed by atoms with Crippen molar-refractivity contribution in [1.29, 1.82) is 0 Å². The van der Waals surface area contributed by atoms with E-state index >= 15 is 0 Å². The van der Waals surface area contributed by atoms with Crippen LogP contribution in [0.3, 0.4) is 0 Å². The molecule has 16 heavy (non-hydrogen) atoms. The molecule has 90 valence electrons. The molecule has 0 atom stereocenters. The molecule has 0 fully saturated rings. The number of anilines is 1. The van der Waals surface area contributed by atoms with Crippen molar-refractivity contribution >= 4 is 22.6 Å². The van der Waals surface area contributed by atoms with Gasteiger partial charge in [0.2, 0.25) is 0 Å². The number of carbonyl (C=O) groups excluding carboxylic acids is 1. The highest BCUT2D eigenvalue weighted by Gasteiger charge is 2.23. The van der Waals surface area contributed by atoms with Crippen molar-refractivity contribution in [3.05, 3.63) is 11.1 Å². The summed E-state index contributed by atoms with van der Waals surface area (Å²) >= 11 is 1.49. The maximum absolute atomic E-state index is 11.9. The zero-order chi connectivity index (χ0) is 12.3. The predicted octanol–water partition coefficient (Wildman–Crippen LogP) is 3.21. The molecule has 0 aliphatic heterocycles. The van der Waals surface area contributed by atoms with Gasteiger partial charge in [-0.2, -0.15) is 0 Å². The van der Waals surface area contributed by atoms with Gasteiger partial charge in [-0.3, -0.25) is 4.90 Å². The molecule has 0 saturated heterocycles. The third-order valence-corrected chi connectivity index (χ3v) is 2.71. The highest BCUT2D eigenvalue weighted by molar-refractivity contribution is 7.15. The Hall–Kier alpha value is -1.10. The summed E-state index contributed by atoms with van der Waals surface area (Å²) in [5.41, 5.74) is -0.475. The normalized spacial score (nSPS) is 11.3. The van der Waals surface area contributed by atoms with E-state index in [2.05, 4.69) is 4.98 Å². The van der Waals surface area contributed by atoms with Gasteiger partial charge >= 0.3 is 6.09 Å². The Bertz CT molecular complexity index is 368. The number of amides is 1. The van der Waals surface area contributed by atoms with Crippen molar-refractivity contribution in [2.45, 2.75) is 40.2 Å². The van der Waals surface area contributed by atoms with Gasteiger partial charge in [-0.1, -0.05) is 0 Å². The Balaban J connectivity index is 2.79. The van der Waals surface area contributed by atoms with E-state index < -0.39 is 5.60 Å². The van der Waals surface area contributed by atoms with E-state index in [-0.39, 0.29) is 6.09 Å². The molecule has 0 aliphatic rings. The van der Waals surface area contributed by atoms with Gasteiger partial charge in [-0.15, -0.1) is 11.3 Å². The molecular formula is C11H18N2O2S. The lowest BCUT2D eigenvalue weighted by atomic mass is 10.2. The number of ether oxygens (including phenoxy) is 1. The minimum absolute atomic E-state index is 0.343. The summed E-state index contributed by atoms with van der Waals surface area (Å²) in [4.78, 5) is 18.7. The molecule has 4 nitrogen and oxygen atoms in total. The van der Waals surface area contributed by atoms with E-state index in [0.717, 1.165) is 4.88 Å². The van der Waals surface area contributed by atoms with E-state index in [4.69, 9.17) is 4.74 Å². The van der Waals surface area contributed by atoms with Crippen LogP contribution in [0.1, 0.15) is 32.6 Å². The number of aryl methyl sites for hydroxylation is 1. The molecule has 0 aliphatic carbocycles. The quantitative estimate of drug-likeness (QED) is 0.799. The Labute approximate surface area is 100 Å². The minimum atomic E-state index is -0.475. The van der Waals surface area contributed by atoms with Crippen LogP contribution < -0.4 is 4.90 Å². The highest BCUT2D eigenvalue weighted by Crippen LogP contribution is 2.23. The van der Waals surface area contributed by atoms with Gasteiger partial charge in [0.05, 0.1) is 0 Å². The number of rotatable bonds is 2. The fourth-order valence-corrected chi connectivity index (χ4v) is 1.94. The summed E-state index contributed by atoms with van der Waals surface area (Å²) in [6.07, 6.45) is 1.41. The third-order valence-electron chi connectivity index (χ3n) is 1.77. The van der Waals surface area contributed by atoms with Gasteiger partial charge in [-0.25, -0.2) is 9.78 Å². The van der Waals surface area contributed by atoms with Crippen molar-refractivity contribution in [3.8, 4) is 0 Å². The maximum Gasteiger partial charge on any atom is 0.416 e. The summed E-state index contributed by atoms with van der Waals surface area (Å²) in [5, 5.41) is 0.689. The number of hydrogen-bond donors (Lipinski definition) is 0. The summed E-state index contributed by atoms with van der Waals surface area (Å²) in [6, 6.07) is 0. The topological polar surface area (TPSA) is 42.4 Å².